The Hall–Kier alpha value is -2.82. The van der Waals surface area contributed by atoms with Crippen LogP contribution in [0.25, 0.3) is 0 Å². The van der Waals surface area contributed by atoms with Crippen LogP contribution in [0.5, 0.6) is 5.75 Å². The molecule has 0 atom stereocenters. The number of hydrogen-bond acceptors (Lipinski definition) is 3. The van der Waals surface area contributed by atoms with E-state index in [4.69, 9.17) is 9.84 Å². The second-order valence-electron chi connectivity index (χ2n) is 5.90. The summed E-state index contributed by atoms with van der Waals surface area (Å²) < 4.78 is 5.59. The fourth-order valence-electron chi connectivity index (χ4n) is 2.46. The summed E-state index contributed by atoms with van der Waals surface area (Å²) in [6, 6.07) is 17.2. The van der Waals surface area contributed by atoms with Crippen molar-refractivity contribution in [3.63, 3.8) is 0 Å². The summed E-state index contributed by atoms with van der Waals surface area (Å²) in [5.41, 5.74) is 2.06. The number of carboxylic acids is 1. The number of rotatable bonds is 9. The Morgan fingerprint density at radius 1 is 1.08 bits per heavy atom. The first-order valence-corrected chi connectivity index (χ1v) is 8.27. The first-order valence-electron chi connectivity index (χ1n) is 8.27. The number of aliphatic carboxylic acids is 1. The molecular weight excluding hydrogens is 318 g/mol. The SMILES string of the molecule is Cc1cccc(OCC(=O)N(CCCC(=O)O)Cc2ccccc2)c1. The van der Waals surface area contributed by atoms with Crippen LogP contribution in [0, 0.1) is 6.92 Å². The van der Waals surface area contributed by atoms with Crippen molar-refractivity contribution in [3.8, 4) is 5.75 Å². The zero-order chi connectivity index (χ0) is 18.1. The minimum Gasteiger partial charge on any atom is -0.484 e. The van der Waals surface area contributed by atoms with Gasteiger partial charge in [-0.1, -0.05) is 42.5 Å². The van der Waals surface area contributed by atoms with Gasteiger partial charge in [-0.2, -0.15) is 0 Å². The molecule has 0 saturated carbocycles. The third kappa shape index (κ3) is 6.67. The summed E-state index contributed by atoms with van der Waals surface area (Å²) in [5.74, 6) is -0.364. The Bertz CT molecular complexity index is 700. The lowest BCUT2D eigenvalue weighted by Crippen LogP contribution is -2.35. The predicted molar refractivity (Wildman–Crippen MR) is 95.4 cm³/mol. The molecule has 132 valence electrons. The minimum atomic E-state index is -0.858. The lowest BCUT2D eigenvalue weighted by atomic mass is 10.2. The Labute approximate surface area is 147 Å². The van der Waals surface area contributed by atoms with Crippen molar-refractivity contribution in [3.05, 3.63) is 65.7 Å². The molecule has 25 heavy (non-hydrogen) atoms. The molecule has 1 amide bonds. The smallest absolute Gasteiger partial charge is 0.303 e. The molecule has 0 aliphatic rings. The Morgan fingerprint density at radius 3 is 2.52 bits per heavy atom. The first-order chi connectivity index (χ1) is 12.0. The molecular formula is C20H23NO4. The van der Waals surface area contributed by atoms with Crippen molar-refractivity contribution in [1.82, 2.24) is 4.90 Å². The van der Waals surface area contributed by atoms with Crippen LogP contribution in [0.3, 0.4) is 0 Å². The molecule has 0 heterocycles. The topological polar surface area (TPSA) is 66.8 Å². The van der Waals surface area contributed by atoms with Gasteiger partial charge >= 0.3 is 5.97 Å². The maximum absolute atomic E-state index is 12.5. The molecule has 2 rings (SSSR count). The number of amides is 1. The fraction of sp³-hybridized carbons (Fsp3) is 0.300. The summed E-state index contributed by atoms with van der Waals surface area (Å²) in [7, 11) is 0. The zero-order valence-electron chi connectivity index (χ0n) is 14.4. The van der Waals surface area contributed by atoms with Gasteiger partial charge in [-0.05, 0) is 36.6 Å². The second-order valence-corrected chi connectivity index (χ2v) is 5.90. The van der Waals surface area contributed by atoms with Gasteiger partial charge in [-0.15, -0.1) is 0 Å². The second kappa shape index (κ2) is 9.47. The van der Waals surface area contributed by atoms with E-state index < -0.39 is 5.97 Å². The van der Waals surface area contributed by atoms with Crippen molar-refractivity contribution in [2.75, 3.05) is 13.2 Å². The standard InChI is InChI=1S/C20H23NO4/c1-16-7-5-10-18(13-16)25-15-19(22)21(12-6-11-20(23)24)14-17-8-3-2-4-9-17/h2-5,7-10,13H,6,11-12,14-15H2,1H3,(H,23,24). The van der Waals surface area contributed by atoms with Gasteiger partial charge in [0.15, 0.2) is 6.61 Å². The first kappa shape index (κ1) is 18.5. The third-order valence-electron chi connectivity index (χ3n) is 3.74. The zero-order valence-corrected chi connectivity index (χ0v) is 14.4. The van der Waals surface area contributed by atoms with Crippen LogP contribution in [0.1, 0.15) is 24.0 Å². The Balaban J connectivity index is 1.96. The lowest BCUT2D eigenvalue weighted by Gasteiger charge is -2.23. The van der Waals surface area contributed by atoms with Gasteiger partial charge in [-0.3, -0.25) is 9.59 Å². The van der Waals surface area contributed by atoms with Gasteiger partial charge in [0, 0.05) is 19.5 Å². The Morgan fingerprint density at radius 2 is 1.84 bits per heavy atom. The molecule has 5 heteroatoms. The third-order valence-corrected chi connectivity index (χ3v) is 3.74. The van der Waals surface area contributed by atoms with Gasteiger partial charge in [0.05, 0.1) is 0 Å². The molecule has 0 aliphatic heterocycles. The van der Waals surface area contributed by atoms with E-state index in [1.807, 2.05) is 61.5 Å². The number of hydrogen-bond donors (Lipinski definition) is 1. The number of carbonyl (C=O) groups excluding carboxylic acids is 1. The van der Waals surface area contributed by atoms with Crippen LogP contribution < -0.4 is 4.74 Å². The summed E-state index contributed by atoms with van der Waals surface area (Å²) >= 11 is 0. The minimum absolute atomic E-state index is 0.0390. The summed E-state index contributed by atoms with van der Waals surface area (Å²) in [6.07, 6.45) is 0.454. The maximum Gasteiger partial charge on any atom is 0.303 e. The average Bonchev–Trinajstić information content (AvgIpc) is 2.59. The number of carbonyl (C=O) groups is 2. The number of aryl methyl sites for hydroxylation is 1. The van der Waals surface area contributed by atoms with Crippen molar-refractivity contribution in [2.45, 2.75) is 26.3 Å². The highest BCUT2D eigenvalue weighted by Crippen LogP contribution is 2.13. The fourth-order valence-corrected chi connectivity index (χ4v) is 2.46. The van der Waals surface area contributed by atoms with E-state index in [1.165, 1.54) is 0 Å². The van der Waals surface area contributed by atoms with Crippen molar-refractivity contribution in [1.29, 1.82) is 0 Å². The van der Waals surface area contributed by atoms with E-state index in [-0.39, 0.29) is 18.9 Å². The average molecular weight is 341 g/mol. The van der Waals surface area contributed by atoms with E-state index in [2.05, 4.69) is 0 Å². The van der Waals surface area contributed by atoms with E-state index in [0.717, 1.165) is 11.1 Å². The number of benzene rings is 2. The number of nitrogens with zero attached hydrogens (tertiary/aromatic N) is 1. The molecule has 0 fully saturated rings. The molecule has 0 aliphatic carbocycles. The molecule has 5 nitrogen and oxygen atoms in total. The largest absolute Gasteiger partial charge is 0.484 e. The normalized spacial score (nSPS) is 10.3. The van der Waals surface area contributed by atoms with Crippen molar-refractivity contribution >= 4 is 11.9 Å². The van der Waals surface area contributed by atoms with Crippen LogP contribution in [-0.2, 0) is 16.1 Å². The predicted octanol–water partition coefficient (Wildman–Crippen LogP) is 3.27. The lowest BCUT2D eigenvalue weighted by molar-refractivity contribution is -0.138. The summed E-state index contributed by atoms with van der Waals surface area (Å²) in [5, 5.41) is 8.80. The molecule has 0 unspecified atom stereocenters. The van der Waals surface area contributed by atoms with Crippen molar-refractivity contribution < 1.29 is 19.4 Å². The Kier molecular flexibility index (Phi) is 7.01. The molecule has 0 aromatic heterocycles. The number of carboxylic acid groups (broad SMARTS) is 1. The van der Waals surface area contributed by atoms with Crippen LogP contribution in [0.4, 0.5) is 0 Å². The van der Waals surface area contributed by atoms with Gasteiger partial charge in [0.1, 0.15) is 5.75 Å². The van der Waals surface area contributed by atoms with Gasteiger partial charge < -0.3 is 14.7 Å². The monoisotopic (exact) mass is 341 g/mol. The van der Waals surface area contributed by atoms with Gasteiger partial charge in [0.25, 0.3) is 5.91 Å². The summed E-state index contributed by atoms with van der Waals surface area (Å²) in [4.78, 5) is 24.9. The van der Waals surface area contributed by atoms with E-state index in [9.17, 15) is 9.59 Å². The van der Waals surface area contributed by atoms with Crippen LogP contribution in [0.2, 0.25) is 0 Å². The molecule has 2 aromatic rings. The molecule has 0 radical (unpaired) electrons. The van der Waals surface area contributed by atoms with Crippen LogP contribution in [0.15, 0.2) is 54.6 Å². The van der Waals surface area contributed by atoms with E-state index in [1.54, 1.807) is 4.90 Å². The summed E-state index contributed by atoms with van der Waals surface area (Å²) in [6.45, 7) is 2.72. The molecule has 0 saturated heterocycles. The van der Waals surface area contributed by atoms with Gasteiger partial charge in [0.2, 0.25) is 0 Å². The highest BCUT2D eigenvalue weighted by Gasteiger charge is 2.15. The highest BCUT2D eigenvalue weighted by atomic mass is 16.5. The highest BCUT2D eigenvalue weighted by molar-refractivity contribution is 5.78. The molecule has 0 spiro atoms. The molecule has 2 aromatic carbocycles. The quantitative estimate of drug-likeness (QED) is 0.760. The number of ether oxygens (including phenoxy) is 1. The van der Waals surface area contributed by atoms with Crippen LogP contribution in [-0.4, -0.2) is 35.0 Å². The maximum atomic E-state index is 12.5. The van der Waals surface area contributed by atoms with Crippen LogP contribution >= 0.6 is 0 Å². The van der Waals surface area contributed by atoms with Gasteiger partial charge in [-0.25, -0.2) is 0 Å². The van der Waals surface area contributed by atoms with E-state index in [0.29, 0.717) is 25.3 Å². The van der Waals surface area contributed by atoms with Crippen molar-refractivity contribution in [2.24, 2.45) is 0 Å². The van der Waals surface area contributed by atoms with E-state index >= 15 is 0 Å². The molecule has 0 bridgehead atoms. The molecule has 1 N–H and O–H groups in total.